The molecule has 2 heterocycles. The lowest BCUT2D eigenvalue weighted by atomic mass is 9.99. The molecule has 2 fully saturated rings. The minimum absolute atomic E-state index is 0.131. The van der Waals surface area contributed by atoms with Crippen molar-refractivity contribution in [2.45, 2.75) is 30.7 Å². The number of benzene rings is 1. The van der Waals surface area contributed by atoms with Gasteiger partial charge in [0.25, 0.3) is 0 Å². The van der Waals surface area contributed by atoms with Gasteiger partial charge in [-0.2, -0.15) is 0 Å². The number of nitrogens with zero attached hydrogens (tertiary/aromatic N) is 1. The van der Waals surface area contributed by atoms with Crippen LogP contribution in [0.4, 0.5) is 4.39 Å². The summed E-state index contributed by atoms with van der Waals surface area (Å²) in [6.45, 7) is 4.11. The standard InChI is InChI=1S/C16H21ClFNO/c17-14-5-7-19(8-6-14)10-12-9-16(20-11-12)13-1-3-15(18)4-2-13/h1-4,12,14,16H,5-11H2. The number of likely N-dealkylation sites (tertiary alicyclic amines) is 1. The van der Waals surface area contributed by atoms with Crippen LogP contribution in [0.2, 0.25) is 0 Å². The van der Waals surface area contributed by atoms with Gasteiger partial charge in [0.2, 0.25) is 0 Å². The van der Waals surface area contributed by atoms with E-state index in [0.29, 0.717) is 11.3 Å². The van der Waals surface area contributed by atoms with Crippen LogP contribution in [0.15, 0.2) is 24.3 Å². The van der Waals surface area contributed by atoms with Gasteiger partial charge in [-0.05, 0) is 56.0 Å². The second kappa shape index (κ2) is 6.42. The van der Waals surface area contributed by atoms with Gasteiger partial charge in [-0.1, -0.05) is 12.1 Å². The molecule has 0 bridgehead atoms. The highest BCUT2D eigenvalue weighted by molar-refractivity contribution is 6.20. The average Bonchev–Trinajstić information content (AvgIpc) is 2.91. The molecule has 2 atom stereocenters. The van der Waals surface area contributed by atoms with Crippen molar-refractivity contribution < 1.29 is 9.13 Å². The van der Waals surface area contributed by atoms with Crippen LogP contribution in [-0.4, -0.2) is 36.5 Å². The van der Waals surface area contributed by atoms with Crippen molar-refractivity contribution in [2.24, 2.45) is 5.92 Å². The van der Waals surface area contributed by atoms with Crippen LogP contribution in [0.3, 0.4) is 0 Å². The molecule has 0 saturated carbocycles. The molecule has 3 rings (SSSR count). The first kappa shape index (κ1) is 14.3. The van der Waals surface area contributed by atoms with Crippen molar-refractivity contribution in [3.05, 3.63) is 35.6 Å². The van der Waals surface area contributed by atoms with Crippen molar-refractivity contribution in [3.63, 3.8) is 0 Å². The summed E-state index contributed by atoms with van der Waals surface area (Å²) in [6, 6.07) is 6.69. The van der Waals surface area contributed by atoms with Gasteiger partial charge in [-0.25, -0.2) is 4.39 Å². The zero-order valence-corrected chi connectivity index (χ0v) is 12.4. The summed E-state index contributed by atoms with van der Waals surface area (Å²) in [5.41, 5.74) is 1.09. The van der Waals surface area contributed by atoms with E-state index in [2.05, 4.69) is 4.90 Å². The van der Waals surface area contributed by atoms with Crippen molar-refractivity contribution in [1.29, 1.82) is 0 Å². The molecule has 2 saturated heterocycles. The van der Waals surface area contributed by atoms with E-state index in [1.165, 1.54) is 12.1 Å². The topological polar surface area (TPSA) is 12.5 Å². The quantitative estimate of drug-likeness (QED) is 0.790. The van der Waals surface area contributed by atoms with Crippen molar-refractivity contribution >= 4 is 11.6 Å². The van der Waals surface area contributed by atoms with Crippen LogP contribution in [0.5, 0.6) is 0 Å². The van der Waals surface area contributed by atoms with Crippen molar-refractivity contribution in [3.8, 4) is 0 Å². The highest BCUT2D eigenvalue weighted by atomic mass is 35.5. The van der Waals surface area contributed by atoms with E-state index in [1.807, 2.05) is 12.1 Å². The Morgan fingerprint density at radius 2 is 1.90 bits per heavy atom. The maximum atomic E-state index is 12.9. The van der Waals surface area contributed by atoms with E-state index in [-0.39, 0.29) is 11.9 Å². The van der Waals surface area contributed by atoms with E-state index < -0.39 is 0 Å². The Balaban J connectivity index is 1.50. The van der Waals surface area contributed by atoms with Gasteiger partial charge < -0.3 is 9.64 Å². The SMILES string of the molecule is Fc1ccc(C2CC(CN3CCC(Cl)CC3)CO2)cc1. The molecule has 2 unspecified atom stereocenters. The molecule has 0 spiro atoms. The third-order valence-corrected chi connectivity index (χ3v) is 4.79. The first-order valence-corrected chi connectivity index (χ1v) is 7.88. The molecule has 110 valence electrons. The highest BCUT2D eigenvalue weighted by Crippen LogP contribution is 2.33. The van der Waals surface area contributed by atoms with E-state index in [1.54, 1.807) is 0 Å². The van der Waals surface area contributed by atoms with Crippen LogP contribution >= 0.6 is 11.6 Å². The first-order chi connectivity index (χ1) is 9.70. The molecule has 2 aliphatic heterocycles. The molecule has 0 N–H and O–H groups in total. The molecule has 1 aromatic rings. The highest BCUT2D eigenvalue weighted by Gasteiger charge is 2.29. The third kappa shape index (κ3) is 3.51. The molecule has 0 radical (unpaired) electrons. The molecule has 0 aromatic heterocycles. The summed E-state index contributed by atoms with van der Waals surface area (Å²) in [4.78, 5) is 2.50. The molecule has 4 heteroatoms. The molecule has 0 aliphatic carbocycles. The number of alkyl halides is 1. The van der Waals surface area contributed by atoms with E-state index >= 15 is 0 Å². The van der Waals surface area contributed by atoms with Gasteiger partial charge in [-0.3, -0.25) is 0 Å². The predicted octanol–water partition coefficient (Wildman–Crippen LogP) is 3.61. The molecular formula is C16H21ClFNO. The van der Waals surface area contributed by atoms with Gasteiger partial charge >= 0.3 is 0 Å². The average molecular weight is 298 g/mol. The Bertz CT molecular complexity index is 431. The van der Waals surface area contributed by atoms with Gasteiger partial charge in [-0.15, -0.1) is 11.6 Å². The molecule has 0 amide bonds. The van der Waals surface area contributed by atoms with Crippen LogP contribution in [0.25, 0.3) is 0 Å². The number of hydrogen-bond acceptors (Lipinski definition) is 2. The first-order valence-electron chi connectivity index (χ1n) is 7.44. The lowest BCUT2D eigenvalue weighted by molar-refractivity contribution is 0.102. The van der Waals surface area contributed by atoms with Gasteiger partial charge in [0.05, 0.1) is 12.7 Å². The zero-order valence-electron chi connectivity index (χ0n) is 11.6. The van der Waals surface area contributed by atoms with E-state index in [9.17, 15) is 4.39 Å². The largest absolute Gasteiger partial charge is 0.373 e. The van der Waals surface area contributed by atoms with Gasteiger partial charge in [0.1, 0.15) is 5.82 Å². The minimum atomic E-state index is -0.188. The normalized spacial score (nSPS) is 28.9. The minimum Gasteiger partial charge on any atom is -0.373 e. The fourth-order valence-corrected chi connectivity index (χ4v) is 3.37. The van der Waals surface area contributed by atoms with Crippen molar-refractivity contribution in [2.75, 3.05) is 26.2 Å². The fourth-order valence-electron chi connectivity index (χ4n) is 3.18. The summed E-state index contributed by atoms with van der Waals surface area (Å²) < 4.78 is 18.8. The predicted molar refractivity (Wildman–Crippen MR) is 78.5 cm³/mol. The third-order valence-electron chi connectivity index (χ3n) is 4.36. The molecule has 2 nitrogen and oxygen atoms in total. The second-order valence-corrected chi connectivity index (χ2v) is 6.57. The zero-order chi connectivity index (χ0) is 13.9. The summed E-state index contributed by atoms with van der Waals surface area (Å²) in [5.74, 6) is 0.393. The van der Waals surface area contributed by atoms with E-state index in [0.717, 1.165) is 51.1 Å². The van der Waals surface area contributed by atoms with Crippen LogP contribution < -0.4 is 0 Å². The summed E-state index contributed by atoms with van der Waals surface area (Å²) in [5, 5.41) is 0.359. The lowest BCUT2D eigenvalue weighted by Crippen LogP contribution is -2.37. The van der Waals surface area contributed by atoms with Gasteiger partial charge in [0, 0.05) is 11.9 Å². The van der Waals surface area contributed by atoms with Crippen LogP contribution in [0, 0.1) is 11.7 Å². The maximum Gasteiger partial charge on any atom is 0.123 e. The number of hydrogen-bond donors (Lipinski definition) is 0. The fraction of sp³-hybridized carbons (Fsp3) is 0.625. The Morgan fingerprint density at radius 3 is 2.60 bits per heavy atom. The summed E-state index contributed by atoms with van der Waals surface area (Å²) >= 11 is 6.13. The Kier molecular flexibility index (Phi) is 4.59. The van der Waals surface area contributed by atoms with Crippen molar-refractivity contribution in [1.82, 2.24) is 4.90 Å². The number of halogens is 2. The second-order valence-electron chi connectivity index (χ2n) is 5.95. The molecule has 1 aromatic carbocycles. The number of ether oxygens (including phenoxy) is 1. The van der Waals surface area contributed by atoms with Gasteiger partial charge in [0.15, 0.2) is 0 Å². The monoisotopic (exact) mass is 297 g/mol. The Labute approximate surface area is 124 Å². The summed E-state index contributed by atoms with van der Waals surface area (Å²) in [7, 11) is 0. The lowest BCUT2D eigenvalue weighted by Gasteiger charge is -2.30. The molecule has 20 heavy (non-hydrogen) atoms. The molecule has 2 aliphatic rings. The maximum absolute atomic E-state index is 12.9. The summed E-state index contributed by atoms with van der Waals surface area (Å²) in [6.07, 6.45) is 3.35. The van der Waals surface area contributed by atoms with E-state index in [4.69, 9.17) is 16.3 Å². The Morgan fingerprint density at radius 1 is 1.20 bits per heavy atom. The number of rotatable bonds is 3. The Hall–Kier alpha value is -0.640. The van der Waals surface area contributed by atoms with Crippen LogP contribution in [0.1, 0.15) is 30.9 Å². The smallest absolute Gasteiger partial charge is 0.123 e. The van der Waals surface area contributed by atoms with Crippen LogP contribution in [-0.2, 0) is 4.74 Å². The molecular weight excluding hydrogens is 277 g/mol. The number of piperidine rings is 1.